The third-order valence-electron chi connectivity index (χ3n) is 4.79. The Bertz CT molecular complexity index is 1220. The first-order valence-corrected chi connectivity index (χ1v) is 11.1. The molecule has 29 heavy (non-hydrogen) atoms. The molecule has 4 rings (SSSR count). The van der Waals surface area contributed by atoms with Gasteiger partial charge in [-0.3, -0.25) is 9.59 Å². The van der Waals surface area contributed by atoms with Crippen LogP contribution in [0.1, 0.15) is 28.9 Å². The number of hydrogen-bond acceptors (Lipinski definition) is 6. The van der Waals surface area contributed by atoms with E-state index >= 15 is 0 Å². The smallest absolute Gasteiger partial charge is 0.259 e. The highest BCUT2D eigenvalue weighted by molar-refractivity contribution is 7.99. The summed E-state index contributed by atoms with van der Waals surface area (Å²) in [6.07, 6.45) is 3.83. The van der Waals surface area contributed by atoms with Crippen molar-refractivity contribution in [3.05, 3.63) is 62.9 Å². The second-order valence-electron chi connectivity index (χ2n) is 6.85. The molecule has 1 atom stereocenters. The maximum atomic E-state index is 12.4. The molecule has 1 amide bonds. The molecular formula is C20H21N5O2S2. The van der Waals surface area contributed by atoms with Crippen molar-refractivity contribution in [2.45, 2.75) is 38.3 Å². The van der Waals surface area contributed by atoms with Gasteiger partial charge >= 0.3 is 0 Å². The molecule has 0 aliphatic heterocycles. The summed E-state index contributed by atoms with van der Waals surface area (Å²) >= 11 is 2.97. The Hall–Kier alpha value is -2.65. The van der Waals surface area contributed by atoms with Crippen molar-refractivity contribution in [3.63, 3.8) is 0 Å². The number of fused-ring (bicyclic) bond motifs is 2. The van der Waals surface area contributed by atoms with Crippen molar-refractivity contribution >= 4 is 44.9 Å². The minimum atomic E-state index is -0.278. The normalized spacial score (nSPS) is 12.5. The van der Waals surface area contributed by atoms with Gasteiger partial charge < -0.3 is 14.7 Å². The third kappa shape index (κ3) is 4.06. The van der Waals surface area contributed by atoms with Gasteiger partial charge in [0.2, 0.25) is 5.91 Å². The maximum Gasteiger partial charge on any atom is 0.259 e. The van der Waals surface area contributed by atoms with Crippen LogP contribution in [0.3, 0.4) is 0 Å². The molecule has 0 fully saturated rings. The van der Waals surface area contributed by atoms with Gasteiger partial charge in [0.15, 0.2) is 0 Å². The van der Waals surface area contributed by atoms with Crippen LogP contribution in [0.15, 0.2) is 35.4 Å². The Morgan fingerprint density at radius 3 is 2.97 bits per heavy atom. The van der Waals surface area contributed by atoms with Crippen LogP contribution in [0.4, 0.5) is 0 Å². The van der Waals surface area contributed by atoms with Crippen LogP contribution in [-0.2, 0) is 17.1 Å². The molecule has 0 aliphatic carbocycles. The van der Waals surface area contributed by atoms with Gasteiger partial charge in [-0.2, -0.15) is 0 Å². The minimum absolute atomic E-state index is 0.0710. The van der Waals surface area contributed by atoms with Crippen LogP contribution >= 0.6 is 23.1 Å². The number of thiophene rings is 1. The second-order valence-corrected chi connectivity index (χ2v) is 9.38. The monoisotopic (exact) mass is 427 g/mol. The van der Waals surface area contributed by atoms with Crippen LogP contribution in [0, 0.1) is 13.8 Å². The van der Waals surface area contributed by atoms with Crippen molar-refractivity contribution in [1.82, 2.24) is 24.7 Å². The Morgan fingerprint density at radius 2 is 2.17 bits per heavy atom. The molecule has 0 spiro atoms. The number of rotatable bonds is 6. The highest BCUT2D eigenvalue weighted by Crippen LogP contribution is 2.26. The lowest BCUT2D eigenvalue weighted by atomic mass is 10.2. The number of pyridine rings is 1. The van der Waals surface area contributed by atoms with Gasteiger partial charge in [0.05, 0.1) is 28.6 Å². The molecule has 0 bridgehead atoms. The lowest BCUT2D eigenvalue weighted by molar-refractivity contribution is -0.120. The number of nitrogens with zero attached hydrogens (tertiary/aromatic N) is 3. The topological polar surface area (TPSA) is 92.2 Å². The maximum absolute atomic E-state index is 12.4. The summed E-state index contributed by atoms with van der Waals surface area (Å²) < 4.78 is 1.92. The van der Waals surface area contributed by atoms with Crippen LogP contribution in [0.25, 0.3) is 15.9 Å². The first-order valence-electron chi connectivity index (χ1n) is 9.23. The van der Waals surface area contributed by atoms with E-state index in [-0.39, 0.29) is 16.7 Å². The Labute approximate surface area is 175 Å². The van der Waals surface area contributed by atoms with Gasteiger partial charge in [-0.05, 0) is 38.5 Å². The number of thioether (sulfide) groups is 1. The highest BCUT2D eigenvalue weighted by atomic mass is 32.2. The highest BCUT2D eigenvalue weighted by Gasteiger charge is 2.16. The van der Waals surface area contributed by atoms with E-state index in [9.17, 15) is 9.59 Å². The van der Waals surface area contributed by atoms with E-state index in [4.69, 9.17) is 0 Å². The SMILES string of the molecule is Cc1sc2nc(CS[C@@H](C)C(=O)NCc3cn4ccccc4n3)[nH]c(=O)c2c1C. The molecule has 4 aromatic heterocycles. The van der Waals surface area contributed by atoms with E-state index in [1.54, 1.807) is 0 Å². The van der Waals surface area contributed by atoms with Gasteiger partial charge in [0.25, 0.3) is 5.56 Å². The van der Waals surface area contributed by atoms with E-state index in [2.05, 4.69) is 20.3 Å². The van der Waals surface area contributed by atoms with Gasteiger partial charge in [-0.1, -0.05) is 6.07 Å². The zero-order valence-electron chi connectivity index (χ0n) is 16.4. The molecule has 4 heterocycles. The summed E-state index contributed by atoms with van der Waals surface area (Å²) in [7, 11) is 0. The van der Waals surface area contributed by atoms with E-state index in [1.807, 2.05) is 55.8 Å². The van der Waals surface area contributed by atoms with Crippen molar-refractivity contribution in [2.75, 3.05) is 0 Å². The number of H-pyrrole nitrogens is 1. The molecule has 0 saturated heterocycles. The molecule has 0 saturated carbocycles. The summed E-state index contributed by atoms with van der Waals surface area (Å²) in [5, 5.41) is 3.31. The fourth-order valence-electron chi connectivity index (χ4n) is 3.04. The number of carbonyl (C=O) groups excluding carboxylic acids is 1. The summed E-state index contributed by atoms with van der Waals surface area (Å²) in [6.45, 7) is 6.15. The van der Waals surface area contributed by atoms with Crippen LogP contribution < -0.4 is 10.9 Å². The van der Waals surface area contributed by atoms with E-state index in [1.165, 1.54) is 23.1 Å². The van der Waals surface area contributed by atoms with Crippen molar-refractivity contribution in [1.29, 1.82) is 0 Å². The predicted molar refractivity (Wildman–Crippen MR) is 118 cm³/mol. The Balaban J connectivity index is 1.36. The second kappa shape index (κ2) is 8.00. The summed E-state index contributed by atoms with van der Waals surface area (Å²) in [5.41, 5.74) is 2.53. The van der Waals surface area contributed by atoms with Crippen LogP contribution in [-0.4, -0.2) is 30.5 Å². The first kappa shape index (κ1) is 19.7. The molecule has 9 heteroatoms. The molecule has 0 unspecified atom stereocenters. The first-order chi connectivity index (χ1) is 13.9. The average molecular weight is 428 g/mol. The molecule has 0 aromatic carbocycles. The lowest BCUT2D eigenvalue weighted by Gasteiger charge is -2.11. The average Bonchev–Trinajstić information content (AvgIpc) is 3.24. The zero-order chi connectivity index (χ0) is 20.5. The Kier molecular flexibility index (Phi) is 5.42. The molecule has 2 N–H and O–H groups in total. The van der Waals surface area contributed by atoms with Crippen molar-refractivity contribution in [3.8, 4) is 0 Å². The number of hydrogen-bond donors (Lipinski definition) is 2. The third-order valence-corrected chi connectivity index (χ3v) is 7.04. The zero-order valence-corrected chi connectivity index (χ0v) is 18.0. The lowest BCUT2D eigenvalue weighted by Crippen LogP contribution is -2.30. The molecule has 0 radical (unpaired) electrons. The summed E-state index contributed by atoms with van der Waals surface area (Å²) in [5.74, 6) is 0.983. The standard InChI is InChI=1S/C20H21N5O2S2/c1-11-12(2)29-20-17(11)19(27)23-15(24-20)10-28-13(3)18(26)21-8-14-9-25-7-5-4-6-16(25)22-14/h4-7,9,13H,8,10H2,1-3H3,(H,21,26)(H,23,24,27)/t13-/m0/s1. The fourth-order valence-corrected chi connectivity index (χ4v) is 4.87. The molecule has 0 aliphatic rings. The van der Waals surface area contributed by atoms with Gasteiger partial charge in [0, 0.05) is 17.3 Å². The van der Waals surface area contributed by atoms with Gasteiger partial charge in [0.1, 0.15) is 16.3 Å². The van der Waals surface area contributed by atoms with Crippen LogP contribution in [0.2, 0.25) is 0 Å². The molecule has 7 nitrogen and oxygen atoms in total. The summed E-state index contributed by atoms with van der Waals surface area (Å²) in [4.78, 5) is 38.5. The van der Waals surface area contributed by atoms with Crippen molar-refractivity contribution < 1.29 is 4.79 Å². The Morgan fingerprint density at radius 1 is 1.34 bits per heavy atom. The van der Waals surface area contributed by atoms with E-state index in [0.29, 0.717) is 23.5 Å². The van der Waals surface area contributed by atoms with E-state index < -0.39 is 0 Å². The van der Waals surface area contributed by atoms with Crippen molar-refractivity contribution in [2.24, 2.45) is 0 Å². The van der Waals surface area contributed by atoms with E-state index in [0.717, 1.165) is 26.6 Å². The number of imidazole rings is 1. The molecule has 4 aromatic rings. The predicted octanol–water partition coefficient (Wildman–Crippen LogP) is 3.19. The molecular weight excluding hydrogens is 406 g/mol. The fraction of sp³-hybridized carbons (Fsp3) is 0.300. The molecule has 150 valence electrons. The number of nitrogens with one attached hydrogen (secondary N) is 2. The minimum Gasteiger partial charge on any atom is -0.349 e. The number of aromatic nitrogens is 4. The number of amides is 1. The van der Waals surface area contributed by atoms with Gasteiger partial charge in [-0.15, -0.1) is 23.1 Å². The van der Waals surface area contributed by atoms with Gasteiger partial charge in [-0.25, -0.2) is 9.97 Å². The number of carbonyl (C=O) groups is 1. The van der Waals surface area contributed by atoms with Crippen LogP contribution in [0.5, 0.6) is 0 Å². The quantitative estimate of drug-likeness (QED) is 0.493. The number of aromatic amines is 1. The summed E-state index contributed by atoms with van der Waals surface area (Å²) in [6, 6.07) is 5.78. The largest absolute Gasteiger partial charge is 0.349 e. The number of aryl methyl sites for hydroxylation is 2.